The van der Waals surface area contributed by atoms with E-state index in [0.29, 0.717) is 14.9 Å². The zero-order valence-corrected chi connectivity index (χ0v) is 15.4. The Kier molecular flexibility index (Phi) is 4.78. The van der Waals surface area contributed by atoms with Crippen molar-refractivity contribution < 1.29 is 18.0 Å². The molecule has 0 aliphatic carbocycles. The van der Waals surface area contributed by atoms with Gasteiger partial charge in [0.1, 0.15) is 10.0 Å². The van der Waals surface area contributed by atoms with Crippen LogP contribution in [0.4, 0.5) is 0 Å². The molecule has 1 aliphatic heterocycles. The fourth-order valence-electron chi connectivity index (χ4n) is 2.37. The summed E-state index contributed by atoms with van der Waals surface area (Å²) in [6, 6.07) is 1.62. The number of fused-ring (bicyclic) bond motifs is 1. The quantitative estimate of drug-likeness (QED) is 0.802. The molecule has 2 amide bonds. The van der Waals surface area contributed by atoms with Crippen molar-refractivity contribution >= 4 is 66.4 Å². The first-order valence-electron chi connectivity index (χ1n) is 7.00. The number of H-pyrrole nitrogens is 1. The molecule has 0 bridgehead atoms. The first kappa shape index (κ1) is 17.5. The molecule has 0 atom stereocenters. The number of nitrogens with zero attached hydrogens (tertiary/aromatic N) is 1. The number of hydrogen-bond donors (Lipinski definition) is 2. The third-order valence-electron chi connectivity index (χ3n) is 3.72. The number of aromatic nitrogens is 1. The van der Waals surface area contributed by atoms with Gasteiger partial charge in [0.25, 0.3) is 5.91 Å². The number of carbonyl (C=O) groups is 2. The van der Waals surface area contributed by atoms with Crippen molar-refractivity contribution in [1.82, 2.24) is 15.2 Å². The topological polar surface area (TPSA) is 99.3 Å². The van der Waals surface area contributed by atoms with Gasteiger partial charge in [-0.15, -0.1) is 11.3 Å². The van der Waals surface area contributed by atoms with Gasteiger partial charge in [-0.25, -0.2) is 8.42 Å². The molecule has 130 valence electrons. The SMILES string of the molecule is O=C(NCC(=O)N1CCS(=O)(=O)CC1)c1cc2sc(Cl)c(Cl)c2[nH]1. The van der Waals surface area contributed by atoms with Crippen LogP contribution < -0.4 is 5.32 Å². The number of sulfone groups is 1. The van der Waals surface area contributed by atoms with Crippen molar-refractivity contribution in [2.45, 2.75) is 0 Å². The summed E-state index contributed by atoms with van der Waals surface area (Å²) in [6.07, 6.45) is 0. The highest BCUT2D eigenvalue weighted by Crippen LogP contribution is 2.38. The van der Waals surface area contributed by atoms with E-state index in [2.05, 4.69) is 10.3 Å². The summed E-state index contributed by atoms with van der Waals surface area (Å²) < 4.78 is 23.9. The lowest BCUT2D eigenvalue weighted by molar-refractivity contribution is -0.129. The maximum atomic E-state index is 12.1. The smallest absolute Gasteiger partial charge is 0.268 e. The summed E-state index contributed by atoms with van der Waals surface area (Å²) in [5.41, 5.74) is 0.869. The summed E-state index contributed by atoms with van der Waals surface area (Å²) in [5, 5.41) is 2.88. The maximum Gasteiger partial charge on any atom is 0.268 e. The second-order valence-electron chi connectivity index (χ2n) is 5.33. The van der Waals surface area contributed by atoms with Gasteiger partial charge >= 0.3 is 0 Å². The van der Waals surface area contributed by atoms with Gasteiger partial charge in [0.2, 0.25) is 5.91 Å². The molecule has 1 fully saturated rings. The molecular weight excluding hydrogens is 397 g/mol. The summed E-state index contributed by atoms with van der Waals surface area (Å²) in [4.78, 5) is 28.5. The van der Waals surface area contributed by atoms with Gasteiger partial charge in [0.05, 0.1) is 33.3 Å². The Hall–Kier alpha value is -1.29. The molecule has 2 aromatic rings. The van der Waals surface area contributed by atoms with Crippen molar-refractivity contribution in [2.24, 2.45) is 0 Å². The first-order chi connectivity index (χ1) is 11.3. The first-order valence-corrected chi connectivity index (χ1v) is 10.4. The van der Waals surface area contributed by atoms with Crippen molar-refractivity contribution in [3.63, 3.8) is 0 Å². The number of rotatable bonds is 3. The van der Waals surface area contributed by atoms with Crippen LogP contribution in [0.25, 0.3) is 10.2 Å². The molecule has 1 saturated heterocycles. The lowest BCUT2D eigenvalue weighted by atomic mass is 10.4. The van der Waals surface area contributed by atoms with E-state index in [1.807, 2.05) is 0 Å². The predicted octanol–water partition coefficient (Wildman–Crippen LogP) is 1.52. The van der Waals surface area contributed by atoms with Crippen LogP contribution in [0, 0.1) is 0 Å². The van der Waals surface area contributed by atoms with Crippen molar-refractivity contribution in [2.75, 3.05) is 31.1 Å². The number of halogens is 2. The minimum Gasteiger partial charge on any atom is -0.349 e. The highest BCUT2D eigenvalue weighted by molar-refractivity contribution is 7.91. The molecule has 0 aromatic carbocycles. The zero-order chi connectivity index (χ0) is 17.5. The van der Waals surface area contributed by atoms with Crippen molar-refractivity contribution in [3.8, 4) is 0 Å². The number of aromatic amines is 1. The predicted molar refractivity (Wildman–Crippen MR) is 93.8 cm³/mol. The van der Waals surface area contributed by atoms with Crippen LogP contribution >= 0.6 is 34.5 Å². The van der Waals surface area contributed by atoms with E-state index >= 15 is 0 Å². The van der Waals surface area contributed by atoms with Crippen LogP contribution in [0.3, 0.4) is 0 Å². The lowest BCUT2D eigenvalue weighted by Gasteiger charge is -2.26. The summed E-state index contributed by atoms with van der Waals surface area (Å²) >= 11 is 13.2. The highest BCUT2D eigenvalue weighted by Gasteiger charge is 2.25. The van der Waals surface area contributed by atoms with E-state index < -0.39 is 15.7 Å². The van der Waals surface area contributed by atoms with Crippen LogP contribution in [0.2, 0.25) is 9.36 Å². The van der Waals surface area contributed by atoms with E-state index in [1.54, 1.807) is 6.07 Å². The van der Waals surface area contributed by atoms with Gasteiger partial charge in [-0.3, -0.25) is 9.59 Å². The Bertz CT molecular complexity index is 905. The Balaban J connectivity index is 1.59. The average molecular weight is 410 g/mol. The number of amides is 2. The highest BCUT2D eigenvalue weighted by atomic mass is 35.5. The van der Waals surface area contributed by atoms with E-state index in [4.69, 9.17) is 23.2 Å². The molecule has 11 heteroatoms. The standard InChI is InChI=1S/C13H13Cl2N3O4S2/c14-10-11-8(23-12(10)15)5-7(17-11)13(20)16-6-9(19)18-1-3-24(21,22)4-2-18/h5,17H,1-4,6H2,(H,16,20). The minimum absolute atomic E-state index is 0.0428. The second kappa shape index (κ2) is 6.55. The van der Waals surface area contributed by atoms with Crippen LogP contribution in [0.5, 0.6) is 0 Å². The second-order valence-corrected chi connectivity index (χ2v) is 9.66. The largest absolute Gasteiger partial charge is 0.349 e. The van der Waals surface area contributed by atoms with Crippen LogP contribution in [0.1, 0.15) is 10.5 Å². The fraction of sp³-hybridized carbons (Fsp3) is 0.385. The molecule has 0 spiro atoms. The van der Waals surface area contributed by atoms with Crippen LogP contribution in [-0.2, 0) is 14.6 Å². The summed E-state index contributed by atoms with van der Waals surface area (Å²) in [7, 11) is -3.05. The van der Waals surface area contributed by atoms with Gasteiger partial charge in [0, 0.05) is 13.1 Å². The molecule has 0 saturated carbocycles. The molecule has 3 rings (SSSR count). The lowest BCUT2D eigenvalue weighted by Crippen LogP contribution is -2.47. The van der Waals surface area contributed by atoms with Crippen LogP contribution in [0.15, 0.2) is 6.07 Å². The molecule has 1 aliphatic rings. The fourth-order valence-corrected chi connectivity index (χ4v) is 5.05. The summed E-state index contributed by atoms with van der Waals surface area (Å²) in [5.74, 6) is -0.839. The Morgan fingerprint density at radius 2 is 1.96 bits per heavy atom. The monoisotopic (exact) mass is 409 g/mol. The van der Waals surface area contributed by atoms with Crippen molar-refractivity contribution in [1.29, 1.82) is 0 Å². The molecule has 0 radical (unpaired) electrons. The van der Waals surface area contributed by atoms with E-state index in [9.17, 15) is 18.0 Å². The Morgan fingerprint density at radius 3 is 2.58 bits per heavy atom. The van der Waals surface area contributed by atoms with E-state index in [0.717, 1.165) is 4.70 Å². The van der Waals surface area contributed by atoms with Gasteiger partial charge < -0.3 is 15.2 Å². The Labute approximate surface area is 151 Å². The molecule has 2 aromatic heterocycles. The number of nitrogens with one attached hydrogen (secondary N) is 2. The zero-order valence-electron chi connectivity index (χ0n) is 12.3. The minimum atomic E-state index is -3.05. The van der Waals surface area contributed by atoms with Gasteiger partial charge in [-0.2, -0.15) is 0 Å². The Morgan fingerprint density at radius 1 is 1.29 bits per heavy atom. The molecule has 3 heterocycles. The van der Waals surface area contributed by atoms with Gasteiger partial charge in [0.15, 0.2) is 9.84 Å². The normalized spacial score (nSPS) is 17.2. The molecule has 24 heavy (non-hydrogen) atoms. The molecule has 0 unspecified atom stereocenters. The molecular formula is C13H13Cl2N3O4S2. The number of carbonyl (C=O) groups excluding carboxylic acids is 2. The average Bonchev–Trinajstić information content (AvgIpc) is 3.05. The van der Waals surface area contributed by atoms with E-state index in [-0.39, 0.29) is 42.7 Å². The van der Waals surface area contributed by atoms with Crippen molar-refractivity contribution in [3.05, 3.63) is 21.1 Å². The van der Waals surface area contributed by atoms with E-state index in [1.165, 1.54) is 16.2 Å². The number of hydrogen-bond acceptors (Lipinski definition) is 5. The third kappa shape index (κ3) is 3.53. The van der Waals surface area contributed by atoms with Gasteiger partial charge in [-0.1, -0.05) is 23.2 Å². The maximum absolute atomic E-state index is 12.1. The van der Waals surface area contributed by atoms with Crippen LogP contribution in [-0.4, -0.2) is 61.3 Å². The third-order valence-corrected chi connectivity index (χ3v) is 7.26. The van der Waals surface area contributed by atoms with Gasteiger partial charge in [-0.05, 0) is 6.07 Å². The molecule has 2 N–H and O–H groups in total. The number of thiophene rings is 1. The summed E-state index contributed by atoms with van der Waals surface area (Å²) in [6.45, 7) is 0.118. The molecule has 7 nitrogen and oxygen atoms in total.